The van der Waals surface area contributed by atoms with Crippen molar-refractivity contribution in [2.24, 2.45) is 0 Å². The number of hydrogen-bond acceptors (Lipinski definition) is 6. The first kappa shape index (κ1) is 15.3. The molecule has 114 valence electrons. The minimum atomic E-state index is -3.16. The minimum absolute atomic E-state index is 0.240. The van der Waals surface area contributed by atoms with E-state index in [9.17, 15) is 13.2 Å². The average Bonchev–Trinajstić information content (AvgIpc) is 2.39. The summed E-state index contributed by atoms with van der Waals surface area (Å²) in [7, 11) is -3.16. The van der Waals surface area contributed by atoms with Crippen molar-refractivity contribution in [3.8, 4) is 0 Å². The Morgan fingerprint density at radius 3 is 2.81 bits per heavy atom. The molecule has 0 saturated carbocycles. The average molecular weight is 311 g/mol. The van der Waals surface area contributed by atoms with Gasteiger partial charge in [-0.3, -0.25) is 4.79 Å². The summed E-state index contributed by atoms with van der Waals surface area (Å²) in [6.45, 7) is 0.888. The molecule has 0 atom stereocenters. The summed E-state index contributed by atoms with van der Waals surface area (Å²) in [5, 5.41) is 3.53. The molecule has 5 N–H and O–H groups in total. The Hall–Kier alpha value is -2.13. The second-order valence-electron chi connectivity index (χ2n) is 4.64. The number of aromatic nitrogens is 2. The molecule has 9 heteroatoms. The molecule has 1 aromatic carbocycles. The molecule has 0 aliphatic rings. The van der Waals surface area contributed by atoms with Gasteiger partial charge in [-0.05, 0) is 18.6 Å². The number of benzene rings is 1. The van der Waals surface area contributed by atoms with Crippen molar-refractivity contribution >= 4 is 32.3 Å². The fourth-order valence-corrected chi connectivity index (χ4v) is 2.37. The standard InChI is InChI=1S/C12H17N5O3S/c1-21(19,20)17-4-2-3-14-11-6-10-8(5-9(11)13)12(18)16-7-15-10/h5-7,14,17H,2-4,13H2,1H3,(H,15,16,18). The number of hydrogen-bond donors (Lipinski definition) is 4. The van der Waals surface area contributed by atoms with Crippen molar-refractivity contribution in [2.75, 3.05) is 30.4 Å². The van der Waals surface area contributed by atoms with E-state index in [4.69, 9.17) is 5.73 Å². The molecule has 1 heterocycles. The predicted molar refractivity (Wildman–Crippen MR) is 82.7 cm³/mol. The minimum Gasteiger partial charge on any atom is -0.397 e. The number of nitrogen functional groups attached to an aromatic ring is 1. The number of nitrogens with zero attached hydrogens (tertiary/aromatic N) is 1. The molecule has 1 aromatic heterocycles. The van der Waals surface area contributed by atoms with Gasteiger partial charge in [0.1, 0.15) is 0 Å². The van der Waals surface area contributed by atoms with Crippen LogP contribution < -0.4 is 21.3 Å². The van der Waals surface area contributed by atoms with Crippen LogP contribution >= 0.6 is 0 Å². The van der Waals surface area contributed by atoms with Crippen LogP contribution in [-0.4, -0.2) is 37.7 Å². The Morgan fingerprint density at radius 1 is 1.33 bits per heavy atom. The molecule has 2 rings (SSSR count). The van der Waals surface area contributed by atoms with E-state index in [-0.39, 0.29) is 5.56 Å². The number of anilines is 2. The Labute approximate surface area is 121 Å². The van der Waals surface area contributed by atoms with Gasteiger partial charge in [-0.25, -0.2) is 18.1 Å². The lowest BCUT2D eigenvalue weighted by Gasteiger charge is -2.10. The highest BCUT2D eigenvalue weighted by Crippen LogP contribution is 2.22. The third-order valence-electron chi connectivity index (χ3n) is 2.85. The van der Waals surface area contributed by atoms with Crippen LogP contribution in [0.3, 0.4) is 0 Å². The van der Waals surface area contributed by atoms with Crippen molar-refractivity contribution in [3.63, 3.8) is 0 Å². The van der Waals surface area contributed by atoms with E-state index in [0.717, 1.165) is 6.26 Å². The van der Waals surface area contributed by atoms with Gasteiger partial charge in [0.05, 0.1) is 34.9 Å². The smallest absolute Gasteiger partial charge is 0.258 e. The van der Waals surface area contributed by atoms with Gasteiger partial charge in [-0.15, -0.1) is 0 Å². The van der Waals surface area contributed by atoms with E-state index in [1.807, 2.05) is 0 Å². The molecular weight excluding hydrogens is 294 g/mol. The highest BCUT2D eigenvalue weighted by Gasteiger charge is 2.05. The predicted octanol–water partition coefficient (Wildman–Crippen LogP) is -0.143. The Kier molecular flexibility index (Phi) is 4.43. The van der Waals surface area contributed by atoms with Crippen molar-refractivity contribution < 1.29 is 8.42 Å². The zero-order valence-corrected chi connectivity index (χ0v) is 12.3. The third kappa shape index (κ3) is 4.17. The molecule has 0 bridgehead atoms. The van der Waals surface area contributed by atoms with Gasteiger partial charge in [-0.2, -0.15) is 0 Å². The van der Waals surface area contributed by atoms with Gasteiger partial charge in [0, 0.05) is 13.1 Å². The van der Waals surface area contributed by atoms with Gasteiger partial charge >= 0.3 is 0 Å². The fraction of sp³-hybridized carbons (Fsp3) is 0.333. The van der Waals surface area contributed by atoms with Crippen LogP contribution in [0.5, 0.6) is 0 Å². The second-order valence-corrected chi connectivity index (χ2v) is 6.47. The monoisotopic (exact) mass is 311 g/mol. The van der Waals surface area contributed by atoms with Crippen molar-refractivity contribution in [2.45, 2.75) is 6.42 Å². The maximum atomic E-state index is 11.6. The lowest BCUT2D eigenvalue weighted by Crippen LogP contribution is -2.24. The number of fused-ring (bicyclic) bond motifs is 1. The highest BCUT2D eigenvalue weighted by molar-refractivity contribution is 7.88. The summed E-state index contributed by atoms with van der Waals surface area (Å²) in [5.74, 6) is 0. The van der Waals surface area contributed by atoms with Crippen LogP contribution in [0.25, 0.3) is 10.9 Å². The number of sulfonamides is 1. The van der Waals surface area contributed by atoms with Gasteiger partial charge in [0.15, 0.2) is 0 Å². The van der Waals surface area contributed by atoms with E-state index in [1.54, 1.807) is 12.1 Å². The van der Waals surface area contributed by atoms with Gasteiger partial charge in [0.2, 0.25) is 10.0 Å². The Bertz CT molecular complexity index is 800. The molecule has 0 fully saturated rings. The molecule has 21 heavy (non-hydrogen) atoms. The molecule has 0 amide bonds. The van der Waals surface area contributed by atoms with Crippen LogP contribution in [-0.2, 0) is 10.0 Å². The molecule has 0 saturated heterocycles. The Balaban J connectivity index is 2.02. The lowest BCUT2D eigenvalue weighted by atomic mass is 10.2. The molecule has 2 aromatic rings. The number of aromatic amines is 1. The van der Waals surface area contributed by atoms with Crippen LogP contribution in [0.4, 0.5) is 11.4 Å². The molecule has 0 aliphatic heterocycles. The second kappa shape index (κ2) is 6.10. The molecule has 8 nitrogen and oxygen atoms in total. The van der Waals surface area contributed by atoms with E-state index in [2.05, 4.69) is 20.0 Å². The first-order valence-electron chi connectivity index (χ1n) is 6.32. The zero-order chi connectivity index (χ0) is 15.5. The van der Waals surface area contributed by atoms with Crippen LogP contribution in [0.1, 0.15) is 6.42 Å². The van der Waals surface area contributed by atoms with Crippen LogP contribution in [0.15, 0.2) is 23.3 Å². The van der Waals surface area contributed by atoms with E-state index < -0.39 is 10.0 Å². The first-order chi connectivity index (χ1) is 9.87. The topological polar surface area (TPSA) is 130 Å². The number of nitrogens with two attached hydrogens (primary N) is 1. The number of H-pyrrole nitrogens is 1. The fourth-order valence-electron chi connectivity index (χ4n) is 1.85. The van der Waals surface area contributed by atoms with Crippen molar-refractivity contribution in [3.05, 3.63) is 28.8 Å². The van der Waals surface area contributed by atoms with E-state index >= 15 is 0 Å². The molecule has 0 aliphatic carbocycles. The van der Waals surface area contributed by atoms with Crippen molar-refractivity contribution in [1.82, 2.24) is 14.7 Å². The quantitative estimate of drug-likeness (QED) is 0.434. The maximum Gasteiger partial charge on any atom is 0.258 e. The van der Waals surface area contributed by atoms with Gasteiger partial charge in [0.25, 0.3) is 5.56 Å². The van der Waals surface area contributed by atoms with Gasteiger partial charge in [-0.1, -0.05) is 0 Å². The van der Waals surface area contributed by atoms with Crippen molar-refractivity contribution in [1.29, 1.82) is 0 Å². The number of nitrogens with one attached hydrogen (secondary N) is 3. The SMILES string of the molecule is CS(=O)(=O)NCCCNc1cc2nc[nH]c(=O)c2cc1N. The zero-order valence-electron chi connectivity index (χ0n) is 11.5. The van der Waals surface area contributed by atoms with E-state index in [0.29, 0.717) is 41.8 Å². The van der Waals surface area contributed by atoms with E-state index in [1.165, 1.54) is 6.33 Å². The maximum absolute atomic E-state index is 11.6. The van der Waals surface area contributed by atoms with Gasteiger partial charge < -0.3 is 16.0 Å². The highest BCUT2D eigenvalue weighted by atomic mass is 32.2. The third-order valence-corrected chi connectivity index (χ3v) is 3.57. The lowest BCUT2D eigenvalue weighted by molar-refractivity contribution is 0.586. The summed E-state index contributed by atoms with van der Waals surface area (Å²) in [6.07, 6.45) is 3.05. The summed E-state index contributed by atoms with van der Waals surface area (Å²) in [6, 6.07) is 3.27. The summed E-state index contributed by atoms with van der Waals surface area (Å²) >= 11 is 0. The number of rotatable bonds is 6. The summed E-state index contributed by atoms with van der Waals surface area (Å²) in [5.41, 5.74) is 7.30. The van der Waals surface area contributed by atoms with Crippen LogP contribution in [0.2, 0.25) is 0 Å². The summed E-state index contributed by atoms with van der Waals surface area (Å²) in [4.78, 5) is 18.2. The Morgan fingerprint density at radius 2 is 2.10 bits per heavy atom. The molecule has 0 radical (unpaired) electrons. The normalized spacial score (nSPS) is 11.7. The first-order valence-corrected chi connectivity index (χ1v) is 8.21. The molecular formula is C12H17N5O3S. The molecule has 0 spiro atoms. The molecule has 0 unspecified atom stereocenters. The summed E-state index contributed by atoms with van der Waals surface area (Å²) < 4.78 is 24.2. The van der Waals surface area contributed by atoms with Crippen LogP contribution in [0, 0.1) is 0 Å². The largest absolute Gasteiger partial charge is 0.397 e.